The van der Waals surface area contributed by atoms with E-state index < -0.39 is 6.09 Å². The number of aryl methyl sites for hydroxylation is 1. The molecule has 9 heteroatoms. The van der Waals surface area contributed by atoms with Crippen LogP contribution in [-0.4, -0.2) is 35.5 Å². The summed E-state index contributed by atoms with van der Waals surface area (Å²) in [6.45, 7) is 4.86. The summed E-state index contributed by atoms with van der Waals surface area (Å²) in [4.78, 5) is 32.2. The average molecular weight is 505 g/mol. The number of nitrogens with zero attached hydrogens (tertiary/aromatic N) is 3. The van der Waals surface area contributed by atoms with Crippen LogP contribution in [0, 0.1) is 18.3 Å². The molecule has 0 aliphatic carbocycles. The molecule has 1 N–H and O–H groups in total. The fraction of sp³-hybridized carbons (Fsp3) is 0.333. The number of carbonyl (C=O) groups is 2. The van der Waals surface area contributed by atoms with Crippen LogP contribution in [0.15, 0.2) is 42.6 Å². The number of rotatable bonds is 7. The Morgan fingerprint density at radius 1 is 1.31 bits per heavy atom. The van der Waals surface area contributed by atoms with E-state index >= 15 is 0 Å². The van der Waals surface area contributed by atoms with Gasteiger partial charge in [0.2, 0.25) is 5.91 Å². The van der Waals surface area contributed by atoms with Crippen LogP contribution in [0.3, 0.4) is 0 Å². The first-order valence-electron chi connectivity index (χ1n) is 11.7. The highest BCUT2D eigenvalue weighted by Crippen LogP contribution is 2.37. The van der Waals surface area contributed by atoms with E-state index in [0.29, 0.717) is 35.8 Å². The van der Waals surface area contributed by atoms with Crippen LogP contribution >= 0.6 is 11.3 Å². The number of anilines is 1. The van der Waals surface area contributed by atoms with Gasteiger partial charge in [-0.05, 0) is 48.6 Å². The molecule has 186 valence electrons. The molecule has 0 spiro atoms. The first kappa shape index (κ1) is 25.2. The highest BCUT2D eigenvalue weighted by atomic mass is 32.1. The van der Waals surface area contributed by atoms with Crippen LogP contribution in [-0.2, 0) is 29.1 Å². The molecule has 3 aromatic rings. The van der Waals surface area contributed by atoms with E-state index in [1.165, 1.54) is 11.3 Å². The maximum Gasteiger partial charge on any atom is 0.410 e. The molecule has 0 saturated carbocycles. The minimum Gasteiger partial charge on any atom is -0.496 e. The van der Waals surface area contributed by atoms with Crippen molar-refractivity contribution >= 4 is 28.3 Å². The number of nitriles is 1. The maximum absolute atomic E-state index is 12.9. The molecule has 0 radical (unpaired) electrons. The quantitative estimate of drug-likeness (QED) is 0.477. The van der Waals surface area contributed by atoms with Gasteiger partial charge in [-0.1, -0.05) is 30.7 Å². The van der Waals surface area contributed by atoms with Crippen molar-refractivity contribution in [2.45, 2.75) is 45.8 Å². The minimum absolute atomic E-state index is 0.0654. The first-order chi connectivity index (χ1) is 17.4. The number of fused-ring (bicyclic) bond motifs is 1. The molecule has 4 rings (SSSR count). The molecule has 1 aliphatic rings. The fourth-order valence-corrected chi connectivity index (χ4v) is 5.51. The second kappa shape index (κ2) is 11.2. The SMILES string of the molecule is COc1ccc(C)cc1C(C)CC(=O)Nc1sc2c(c1C#N)CCN(C(=O)OCc1ccccn1)C2. The Kier molecular flexibility index (Phi) is 7.86. The van der Waals surface area contributed by atoms with Crippen LogP contribution in [0.25, 0.3) is 0 Å². The number of methoxy groups -OCH3 is 1. The van der Waals surface area contributed by atoms with Crippen LogP contribution in [0.4, 0.5) is 9.80 Å². The number of ether oxygens (including phenoxy) is 2. The van der Waals surface area contributed by atoms with E-state index in [0.717, 1.165) is 27.3 Å². The van der Waals surface area contributed by atoms with Gasteiger partial charge in [-0.15, -0.1) is 11.3 Å². The molecule has 0 fully saturated rings. The molecule has 0 saturated heterocycles. The topological polar surface area (TPSA) is 105 Å². The van der Waals surface area contributed by atoms with Gasteiger partial charge in [0.15, 0.2) is 0 Å². The van der Waals surface area contributed by atoms with Crippen molar-refractivity contribution in [2.24, 2.45) is 0 Å². The minimum atomic E-state index is -0.426. The van der Waals surface area contributed by atoms with Gasteiger partial charge < -0.3 is 19.7 Å². The van der Waals surface area contributed by atoms with Gasteiger partial charge in [0.25, 0.3) is 0 Å². The molecule has 3 heterocycles. The summed E-state index contributed by atoms with van der Waals surface area (Å²) in [5.74, 6) is 0.511. The number of carbonyl (C=O) groups excluding carboxylic acids is 2. The molecule has 8 nitrogen and oxygen atoms in total. The van der Waals surface area contributed by atoms with Gasteiger partial charge >= 0.3 is 6.09 Å². The van der Waals surface area contributed by atoms with Crippen molar-refractivity contribution in [2.75, 3.05) is 19.0 Å². The van der Waals surface area contributed by atoms with Crippen molar-refractivity contribution < 1.29 is 19.1 Å². The lowest BCUT2D eigenvalue weighted by atomic mass is 9.95. The summed E-state index contributed by atoms with van der Waals surface area (Å²) in [6, 6.07) is 13.6. The summed E-state index contributed by atoms with van der Waals surface area (Å²) in [5.41, 5.74) is 4.11. The van der Waals surface area contributed by atoms with E-state index in [1.54, 1.807) is 30.3 Å². The van der Waals surface area contributed by atoms with Crippen LogP contribution < -0.4 is 10.1 Å². The molecule has 0 bridgehead atoms. The Bertz CT molecular complexity index is 1300. The van der Waals surface area contributed by atoms with Crippen LogP contribution in [0.2, 0.25) is 0 Å². The van der Waals surface area contributed by atoms with E-state index in [9.17, 15) is 14.9 Å². The smallest absolute Gasteiger partial charge is 0.410 e. The Balaban J connectivity index is 1.41. The molecule has 1 atom stereocenters. The van der Waals surface area contributed by atoms with Crippen molar-refractivity contribution in [3.8, 4) is 11.8 Å². The Morgan fingerprint density at radius 2 is 2.14 bits per heavy atom. The zero-order chi connectivity index (χ0) is 25.7. The third-order valence-corrected chi connectivity index (χ3v) is 7.29. The molecule has 1 aliphatic heterocycles. The van der Waals surface area contributed by atoms with Crippen molar-refractivity contribution in [3.63, 3.8) is 0 Å². The van der Waals surface area contributed by atoms with Gasteiger partial charge in [0, 0.05) is 24.0 Å². The third-order valence-electron chi connectivity index (χ3n) is 6.16. The largest absolute Gasteiger partial charge is 0.496 e. The summed E-state index contributed by atoms with van der Waals surface area (Å²) in [6.07, 6.45) is 2.00. The normalized spacial score (nSPS) is 13.3. The third kappa shape index (κ3) is 5.66. The lowest BCUT2D eigenvalue weighted by Crippen LogP contribution is -2.35. The highest BCUT2D eigenvalue weighted by molar-refractivity contribution is 7.16. The second-order valence-corrected chi connectivity index (χ2v) is 9.87. The molecule has 1 aromatic carbocycles. The molecule has 1 unspecified atom stereocenters. The van der Waals surface area contributed by atoms with Gasteiger partial charge in [0.05, 0.1) is 24.9 Å². The molecular formula is C27H28N4O4S. The van der Waals surface area contributed by atoms with E-state index in [1.807, 2.05) is 38.1 Å². The number of hydrogen-bond donors (Lipinski definition) is 1. The average Bonchev–Trinajstić information content (AvgIpc) is 3.23. The standard InChI is InChI=1S/C27H28N4O4S/c1-17-7-8-23(34-3)21(12-17)18(2)13-25(32)30-26-22(14-28)20-9-11-31(15-24(20)36-26)27(33)35-16-19-6-4-5-10-29-19/h4-8,10,12,18H,9,11,13,15-16H2,1-3H3,(H,30,32). The highest BCUT2D eigenvalue weighted by Gasteiger charge is 2.28. The molecule has 2 amide bonds. The Labute approximate surface area is 214 Å². The lowest BCUT2D eigenvalue weighted by molar-refractivity contribution is -0.116. The summed E-state index contributed by atoms with van der Waals surface area (Å²) in [7, 11) is 1.62. The van der Waals surface area contributed by atoms with E-state index in [2.05, 4.69) is 16.4 Å². The fourth-order valence-electron chi connectivity index (χ4n) is 4.28. The number of nitrogens with one attached hydrogen (secondary N) is 1. The molecule has 2 aromatic heterocycles. The van der Waals surface area contributed by atoms with Gasteiger partial charge in [-0.3, -0.25) is 9.78 Å². The molecule has 36 heavy (non-hydrogen) atoms. The zero-order valence-corrected chi connectivity index (χ0v) is 21.4. The summed E-state index contributed by atoms with van der Waals surface area (Å²) >= 11 is 1.34. The number of aromatic nitrogens is 1. The predicted molar refractivity (Wildman–Crippen MR) is 137 cm³/mol. The van der Waals surface area contributed by atoms with Gasteiger partial charge in [-0.2, -0.15) is 5.26 Å². The summed E-state index contributed by atoms with van der Waals surface area (Å²) in [5, 5.41) is 13.3. The van der Waals surface area contributed by atoms with Gasteiger partial charge in [0.1, 0.15) is 23.4 Å². The van der Waals surface area contributed by atoms with Crippen LogP contribution in [0.1, 0.15) is 52.1 Å². The maximum atomic E-state index is 12.9. The summed E-state index contributed by atoms with van der Waals surface area (Å²) < 4.78 is 10.9. The van der Waals surface area contributed by atoms with Crippen molar-refractivity contribution in [3.05, 3.63) is 75.4 Å². The van der Waals surface area contributed by atoms with Crippen molar-refractivity contribution in [1.29, 1.82) is 5.26 Å². The molecular weight excluding hydrogens is 476 g/mol. The monoisotopic (exact) mass is 504 g/mol. The van der Waals surface area contributed by atoms with Crippen LogP contribution in [0.5, 0.6) is 5.75 Å². The number of pyridine rings is 1. The number of thiophene rings is 1. The Hall–Kier alpha value is -3.90. The van der Waals surface area contributed by atoms with Gasteiger partial charge in [-0.25, -0.2) is 4.79 Å². The van der Waals surface area contributed by atoms with E-state index in [-0.39, 0.29) is 24.9 Å². The number of benzene rings is 1. The van der Waals surface area contributed by atoms with Crippen molar-refractivity contribution in [1.82, 2.24) is 9.88 Å². The lowest BCUT2D eigenvalue weighted by Gasteiger charge is -2.26. The number of hydrogen-bond acceptors (Lipinski definition) is 7. The second-order valence-electron chi connectivity index (χ2n) is 8.77. The zero-order valence-electron chi connectivity index (χ0n) is 20.5. The predicted octanol–water partition coefficient (Wildman–Crippen LogP) is 5.16. The number of amides is 2. The Morgan fingerprint density at radius 3 is 2.86 bits per heavy atom. The first-order valence-corrected chi connectivity index (χ1v) is 12.5. The van der Waals surface area contributed by atoms with E-state index in [4.69, 9.17) is 9.47 Å².